The maximum Gasteiger partial charge on any atom is 0.416 e. The quantitative estimate of drug-likeness (QED) is 0.373. The number of carbonyl (C=O) groups is 2. The normalized spacial score (nSPS) is 11.8. The van der Waals surface area contributed by atoms with E-state index in [0.29, 0.717) is 22.5 Å². The number of Topliss-reactive ketones (excluding diaryl/α,β-unsaturated/α-hetero) is 1. The molecule has 4 rings (SSSR count). The minimum Gasteiger partial charge on any atom is -0.423 e. The number of benzene rings is 2. The average Bonchev–Trinajstić information content (AvgIpc) is 3.32. The van der Waals surface area contributed by atoms with Crippen molar-refractivity contribution in [2.75, 3.05) is 25.1 Å². The minimum atomic E-state index is -4.49. The number of ketones is 1. The topological polar surface area (TPSA) is 111 Å². The molecular formula is C22H20F3N5O4. The Bertz CT molecular complexity index is 1380. The molecular weight excluding hydrogens is 455 g/mol. The molecule has 2 heterocycles. The molecule has 0 fully saturated rings. The number of oxazole rings is 1. The first kappa shape index (κ1) is 23.2. The lowest BCUT2D eigenvalue weighted by molar-refractivity contribution is -0.137. The Labute approximate surface area is 190 Å². The maximum atomic E-state index is 12.9. The van der Waals surface area contributed by atoms with Gasteiger partial charge in [0, 0.05) is 19.2 Å². The second kappa shape index (κ2) is 9.14. The molecule has 2 aromatic heterocycles. The highest BCUT2D eigenvalue weighted by atomic mass is 19.4. The molecule has 0 atom stereocenters. The Morgan fingerprint density at radius 3 is 2.65 bits per heavy atom. The lowest BCUT2D eigenvalue weighted by Crippen LogP contribution is -2.27. The first-order valence-electron chi connectivity index (χ1n) is 10.2. The number of rotatable bonds is 8. The first-order valence-corrected chi connectivity index (χ1v) is 10.2. The van der Waals surface area contributed by atoms with E-state index in [-0.39, 0.29) is 48.6 Å². The van der Waals surface area contributed by atoms with E-state index in [0.717, 1.165) is 12.1 Å². The summed E-state index contributed by atoms with van der Waals surface area (Å²) in [6.45, 7) is 1.86. The third kappa shape index (κ3) is 5.01. The van der Waals surface area contributed by atoms with Gasteiger partial charge in [0.15, 0.2) is 11.4 Å². The number of aryl methyl sites for hydroxylation is 1. The fourth-order valence-electron chi connectivity index (χ4n) is 3.26. The van der Waals surface area contributed by atoms with Crippen LogP contribution >= 0.6 is 0 Å². The fourth-order valence-corrected chi connectivity index (χ4v) is 3.26. The smallest absolute Gasteiger partial charge is 0.416 e. The van der Waals surface area contributed by atoms with Crippen molar-refractivity contribution in [3.63, 3.8) is 0 Å². The summed E-state index contributed by atoms with van der Waals surface area (Å²) in [4.78, 5) is 31.8. The van der Waals surface area contributed by atoms with Gasteiger partial charge in [-0.25, -0.2) is 4.98 Å². The summed E-state index contributed by atoms with van der Waals surface area (Å²) in [5, 5.41) is 5.56. The zero-order valence-corrected chi connectivity index (χ0v) is 18.2. The number of anilines is 2. The minimum absolute atomic E-state index is 0.00484. The molecule has 1 amide bonds. The van der Waals surface area contributed by atoms with Crippen molar-refractivity contribution in [3.05, 3.63) is 47.5 Å². The number of halogens is 3. The number of hydrogen-bond acceptors (Lipinski definition) is 7. The van der Waals surface area contributed by atoms with E-state index in [1.54, 1.807) is 29.8 Å². The molecule has 0 aliphatic heterocycles. The molecule has 2 N–H and O–H groups in total. The van der Waals surface area contributed by atoms with Crippen LogP contribution in [0, 0.1) is 0 Å². The van der Waals surface area contributed by atoms with E-state index in [9.17, 15) is 22.8 Å². The van der Waals surface area contributed by atoms with Gasteiger partial charge in [-0.2, -0.15) is 18.2 Å². The second-order valence-electron chi connectivity index (χ2n) is 7.53. The number of aromatic nitrogens is 3. The summed E-state index contributed by atoms with van der Waals surface area (Å²) in [5.74, 6) is -0.0963. The number of nitrogens with zero attached hydrogens (tertiary/aromatic N) is 3. The average molecular weight is 475 g/mol. The highest BCUT2D eigenvalue weighted by molar-refractivity contribution is 5.97. The molecule has 4 aromatic rings. The molecule has 0 bridgehead atoms. The van der Waals surface area contributed by atoms with Gasteiger partial charge in [-0.1, -0.05) is 0 Å². The number of alkyl halides is 3. The number of hydrogen-bond donors (Lipinski definition) is 2. The second-order valence-corrected chi connectivity index (χ2v) is 7.53. The molecule has 0 spiro atoms. The SMILES string of the molecule is CC(=O)COCCNC(=O)c1ccc2c(c1)nc(Nc1nc3ccc(C(F)(F)F)cc3o1)n2C. The van der Waals surface area contributed by atoms with E-state index in [2.05, 4.69) is 20.6 Å². The van der Waals surface area contributed by atoms with Gasteiger partial charge >= 0.3 is 12.2 Å². The molecule has 0 aliphatic carbocycles. The highest BCUT2D eigenvalue weighted by Gasteiger charge is 2.31. The third-order valence-corrected chi connectivity index (χ3v) is 4.91. The number of ether oxygens (including phenoxy) is 1. The van der Waals surface area contributed by atoms with Crippen molar-refractivity contribution >= 4 is 45.8 Å². The zero-order chi connectivity index (χ0) is 24.5. The summed E-state index contributed by atoms with van der Waals surface area (Å²) >= 11 is 0. The number of fused-ring (bicyclic) bond motifs is 2. The van der Waals surface area contributed by atoms with Gasteiger partial charge in [-0.3, -0.25) is 14.9 Å². The number of nitrogens with one attached hydrogen (secondary N) is 2. The highest BCUT2D eigenvalue weighted by Crippen LogP contribution is 2.32. The van der Waals surface area contributed by atoms with Crippen molar-refractivity contribution in [3.8, 4) is 0 Å². The van der Waals surface area contributed by atoms with Crippen molar-refractivity contribution < 1.29 is 31.9 Å². The van der Waals surface area contributed by atoms with Crippen LogP contribution in [0.5, 0.6) is 0 Å². The summed E-state index contributed by atoms with van der Waals surface area (Å²) < 4.78 is 51.0. The van der Waals surface area contributed by atoms with Crippen molar-refractivity contribution in [2.24, 2.45) is 7.05 Å². The number of carbonyl (C=O) groups excluding carboxylic acids is 2. The third-order valence-electron chi connectivity index (χ3n) is 4.91. The molecule has 178 valence electrons. The lowest BCUT2D eigenvalue weighted by Gasteiger charge is -2.06. The standard InChI is InChI=1S/C22H20F3N5O4/c1-12(31)11-33-8-7-26-19(32)13-3-6-17-16(9-13)27-20(30(17)2)29-21-28-15-5-4-14(22(23,24)25)10-18(15)34-21/h3-6,9-10H,7-8,11H2,1-2H3,(H,26,32)(H,27,28,29). The van der Waals surface area contributed by atoms with Crippen LogP contribution in [0.15, 0.2) is 40.8 Å². The van der Waals surface area contributed by atoms with E-state index in [1.165, 1.54) is 13.0 Å². The molecule has 2 aromatic carbocycles. The Balaban J connectivity index is 1.49. The molecule has 0 unspecified atom stereocenters. The number of amides is 1. The Morgan fingerprint density at radius 2 is 1.91 bits per heavy atom. The van der Waals surface area contributed by atoms with E-state index < -0.39 is 11.7 Å². The van der Waals surface area contributed by atoms with E-state index in [1.807, 2.05) is 0 Å². The summed E-state index contributed by atoms with van der Waals surface area (Å²) in [6, 6.07) is 8.00. The van der Waals surface area contributed by atoms with Gasteiger partial charge in [-0.05, 0) is 43.3 Å². The van der Waals surface area contributed by atoms with E-state index in [4.69, 9.17) is 9.15 Å². The van der Waals surface area contributed by atoms with Crippen molar-refractivity contribution in [1.82, 2.24) is 19.9 Å². The van der Waals surface area contributed by atoms with Crippen molar-refractivity contribution in [2.45, 2.75) is 13.1 Å². The number of imidazole rings is 1. The van der Waals surface area contributed by atoms with Crippen LogP contribution in [-0.2, 0) is 22.8 Å². The Hall–Kier alpha value is -3.93. The van der Waals surface area contributed by atoms with Crippen LogP contribution < -0.4 is 10.6 Å². The molecule has 12 heteroatoms. The van der Waals surface area contributed by atoms with Gasteiger partial charge in [0.25, 0.3) is 5.91 Å². The Morgan fingerprint density at radius 1 is 1.12 bits per heavy atom. The predicted octanol–water partition coefficient (Wildman–Crippen LogP) is 3.81. The van der Waals surface area contributed by atoms with Crippen LogP contribution in [0.2, 0.25) is 0 Å². The Kier molecular flexibility index (Phi) is 6.24. The van der Waals surface area contributed by atoms with Gasteiger partial charge in [0.2, 0.25) is 5.95 Å². The monoisotopic (exact) mass is 475 g/mol. The van der Waals surface area contributed by atoms with Crippen molar-refractivity contribution in [1.29, 1.82) is 0 Å². The lowest BCUT2D eigenvalue weighted by atomic mass is 10.2. The van der Waals surface area contributed by atoms with Gasteiger partial charge in [-0.15, -0.1) is 0 Å². The van der Waals surface area contributed by atoms with E-state index >= 15 is 0 Å². The first-order chi connectivity index (χ1) is 16.1. The molecule has 0 saturated heterocycles. The van der Waals surface area contributed by atoms with Crippen LogP contribution in [-0.4, -0.2) is 46.0 Å². The molecule has 34 heavy (non-hydrogen) atoms. The zero-order valence-electron chi connectivity index (χ0n) is 18.2. The molecule has 9 nitrogen and oxygen atoms in total. The molecule has 0 aliphatic rings. The summed E-state index contributed by atoms with van der Waals surface area (Å²) in [7, 11) is 1.73. The predicted molar refractivity (Wildman–Crippen MR) is 117 cm³/mol. The van der Waals surface area contributed by atoms with Gasteiger partial charge in [0.05, 0.1) is 23.2 Å². The molecule has 0 radical (unpaired) electrons. The van der Waals surface area contributed by atoms with Crippen LogP contribution in [0.3, 0.4) is 0 Å². The molecule has 0 saturated carbocycles. The fraction of sp³-hybridized carbons (Fsp3) is 0.273. The largest absolute Gasteiger partial charge is 0.423 e. The van der Waals surface area contributed by atoms with Gasteiger partial charge < -0.3 is 19.0 Å². The summed E-state index contributed by atoms with van der Waals surface area (Å²) in [5.41, 5.74) is 1.02. The maximum absolute atomic E-state index is 12.9. The van der Waals surface area contributed by atoms with Gasteiger partial charge in [0.1, 0.15) is 12.1 Å². The summed E-state index contributed by atoms with van der Waals surface area (Å²) in [6.07, 6.45) is -4.49. The van der Waals surface area contributed by atoms with Crippen LogP contribution in [0.1, 0.15) is 22.8 Å². The van der Waals surface area contributed by atoms with Crippen LogP contribution in [0.25, 0.3) is 22.1 Å². The van der Waals surface area contributed by atoms with Crippen LogP contribution in [0.4, 0.5) is 25.1 Å².